The molecule has 1 atom stereocenters. The van der Waals surface area contributed by atoms with Gasteiger partial charge >= 0.3 is 0 Å². The standard InChI is InChI=1S/C18H27NO2/c1-4-16(18(20)19-12-7-5-6-8-13-19)21-17-11-9-10-14(2)15(17)3/h9-11,16H,4-8,12-13H2,1-3H3/t16-/m1/s1. The second-order valence-electron chi connectivity index (χ2n) is 5.95. The van der Waals surface area contributed by atoms with Gasteiger partial charge in [0.2, 0.25) is 0 Å². The van der Waals surface area contributed by atoms with E-state index >= 15 is 0 Å². The van der Waals surface area contributed by atoms with E-state index in [4.69, 9.17) is 4.74 Å². The molecule has 2 rings (SSSR count). The molecule has 0 saturated carbocycles. The lowest BCUT2D eigenvalue weighted by Crippen LogP contribution is -2.42. The Kier molecular flexibility index (Phi) is 5.66. The van der Waals surface area contributed by atoms with Crippen molar-refractivity contribution in [3.63, 3.8) is 0 Å². The van der Waals surface area contributed by atoms with Crippen LogP contribution in [0.3, 0.4) is 0 Å². The van der Waals surface area contributed by atoms with Gasteiger partial charge in [-0.05, 0) is 50.3 Å². The molecule has 0 aliphatic carbocycles. The van der Waals surface area contributed by atoms with Crippen LogP contribution in [-0.2, 0) is 4.79 Å². The third kappa shape index (κ3) is 3.99. The van der Waals surface area contributed by atoms with Crippen LogP contribution in [0.4, 0.5) is 0 Å². The fourth-order valence-corrected chi connectivity index (χ4v) is 2.81. The van der Waals surface area contributed by atoms with Gasteiger partial charge in [-0.15, -0.1) is 0 Å². The highest BCUT2D eigenvalue weighted by Crippen LogP contribution is 2.23. The summed E-state index contributed by atoms with van der Waals surface area (Å²) in [5.74, 6) is 0.991. The minimum absolute atomic E-state index is 0.153. The van der Waals surface area contributed by atoms with Crippen LogP contribution in [0, 0.1) is 13.8 Å². The Morgan fingerprint density at radius 1 is 1.19 bits per heavy atom. The quantitative estimate of drug-likeness (QED) is 0.842. The fraction of sp³-hybridized carbons (Fsp3) is 0.611. The lowest BCUT2D eigenvalue weighted by molar-refractivity contribution is -0.138. The first kappa shape index (κ1) is 15.9. The van der Waals surface area contributed by atoms with Crippen LogP contribution in [0.1, 0.15) is 50.2 Å². The van der Waals surface area contributed by atoms with Crippen molar-refractivity contribution in [2.24, 2.45) is 0 Å². The molecule has 21 heavy (non-hydrogen) atoms. The lowest BCUT2D eigenvalue weighted by atomic mass is 10.1. The SMILES string of the molecule is CC[C@@H](Oc1cccc(C)c1C)C(=O)N1CCCCCC1. The van der Waals surface area contributed by atoms with Crippen molar-refractivity contribution in [1.82, 2.24) is 4.90 Å². The molecule has 1 fully saturated rings. The van der Waals surface area contributed by atoms with E-state index in [-0.39, 0.29) is 12.0 Å². The van der Waals surface area contributed by atoms with E-state index in [0.29, 0.717) is 6.42 Å². The highest BCUT2D eigenvalue weighted by atomic mass is 16.5. The summed E-state index contributed by atoms with van der Waals surface area (Å²) in [6.07, 6.45) is 5.06. The van der Waals surface area contributed by atoms with Crippen LogP contribution in [0.5, 0.6) is 5.75 Å². The number of hydrogen-bond donors (Lipinski definition) is 0. The second kappa shape index (κ2) is 7.48. The zero-order chi connectivity index (χ0) is 15.2. The zero-order valence-corrected chi connectivity index (χ0v) is 13.5. The number of nitrogens with zero attached hydrogens (tertiary/aromatic N) is 1. The third-order valence-electron chi connectivity index (χ3n) is 4.39. The Balaban J connectivity index is 2.08. The molecule has 1 amide bonds. The first-order valence-corrected chi connectivity index (χ1v) is 8.15. The van der Waals surface area contributed by atoms with Crippen LogP contribution in [0.2, 0.25) is 0 Å². The molecule has 1 saturated heterocycles. The molecule has 0 bridgehead atoms. The van der Waals surface area contributed by atoms with Gasteiger partial charge in [-0.25, -0.2) is 0 Å². The van der Waals surface area contributed by atoms with E-state index < -0.39 is 0 Å². The van der Waals surface area contributed by atoms with Gasteiger partial charge < -0.3 is 9.64 Å². The van der Waals surface area contributed by atoms with E-state index in [1.54, 1.807) is 0 Å². The van der Waals surface area contributed by atoms with Crippen LogP contribution in [0.15, 0.2) is 18.2 Å². The summed E-state index contributed by atoms with van der Waals surface area (Å²) >= 11 is 0. The van der Waals surface area contributed by atoms with Gasteiger partial charge in [0.25, 0.3) is 5.91 Å². The summed E-state index contributed by atoms with van der Waals surface area (Å²) < 4.78 is 6.04. The molecule has 1 aromatic carbocycles. The largest absolute Gasteiger partial charge is 0.480 e. The van der Waals surface area contributed by atoms with Gasteiger partial charge in [0, 0.05) is 13.1 Å². The van der Waals surface area contributed by atoms with E-state index in [9.17, 15) is 4.79 Å². The topological polar surface area (TPSA) is 29.5 Å². The number of benzene rings is 1. The van der Waals surface area contributed by atoms with Crippen molar-refractivity contribution in [1.29, 1.82) is 0 Å². The normalized spacial score (nSPS) is 17.2. The summed E-state index contributed by atoms with van der Waals surface area (Å²) in [7, 11) is 0. The Morgan fingerprint density at radius 3 is 2.48 bits per heavy atom. The average Bonchev–Trinajstić information content (AvgIpc) is 2.77. The van der Waals surface area contributed by atoms with Crippen molar-refractivity contribution in [3.8, 4) is 5.75 Å². The number of aryl methyl sites for hydroxylation is 1. The number of carbonyl (C=O) groups excluding carboxylic acids is 1. The monoisotopic (exact) mass is 289 g/mol. The molecular formula is C18H27NO2. The molecule has 0 aromatic heterocycles. The Morgan fingerprint density at radius 2 is 1.86 bits per heavy atom. The lowest BCUT2D eigenvalue weighted by Gasteiger charge is -2.26. The second-order valence-corrected chi connectivity index (χ2v) is 5.95. The summed E-state index contributed by atoms with van der Waals surface area (Å²) in [6.45, 7) is 7.90. The van der Waals surface area contributed by atoms with Crippen LogP contribution in [0.25, 0.3) is 0 Å². The van der Waals surface area contributed by atoms with E-state index in [2.05, 4.69) is 13.0 Å². The molecule has 1 aliphatic rings. The molecule has 3 nitrogen and oxygen atoms in total. The number of rotatable bonds is 4. The predicted octanol–water partition coefficient (Wildman–Crippen LogP) is 3.86. The van der Waals surface area contributed by atoms with Gasteiger partial charge in [-0.1, -0.05) is 31.9 Å². The minimum Gasteiger partial charge on any atom is -0.480 e. The molecule has 0 N–H and O–H groups in total. The van der Waals surface area contributed by atoms with E-state index in [1.165, 1.54) is 18.4 Å². The predicted molar refractivity (Wildman–Crippen MR) is 85.7 cm³/mol. The van der Waals surface area contributed by atoms with E-state index in [0.717, 1.165) is 37.2 Å². The van der Waals surface area contributed by atoms with E-state index in [1.807, 2.05) is 30.9 Å². The summed E-state index contributed by atoms with van der Waals surface area (Å²) in [5, 5.41) is 0. The van der Waals surface area contributed by atoms with Crippen molar-refractivity contribution in [3.05, 3.63) is 29.3 Å². The summed E-state index contributed by atoms with van der Waals surface area (Å²) in [5.41, 5.74) is 2.32. The molecule has 0 unspecified atom stereocenters. The molecule has 116 valence electrons. The molecular weight excluding hydrogens is 262 g/mol. The zero-order valence-electron chi connectivity index (χ0n) is 13.5. The average molecular weight is 289 g/mol. The molecule has 1 aromatic rings. The van der Waals surface area contributed by atoms with Crippen molar-refractivity contribution in [2.75, 3.05) is 13.1 Å². The van der Waals surface area contributed by atoms with Gasteiger partial charge in [0.15, 0.2) is 6.10 Å². The first-order chi connectivity index (χ1) is 10.1. The fourth-order valence-electron chi connectivity index (χ4n) is 2.81. The van der Waals surface area contributed by atoms with Crippen LogP contribution >= 0.6 is 0 Å². The van der Waals surface area contributed by atoms with Crippen molar-refractivity contribution >= 4 is 5.91 Å². The maximum absolute atomic E-state index is 12.7. The minimum atomic E-state index is -0.358. The van der Waals surface area contributed by atoms with Gasteiger partial charge in [-0.3, -0.25) is 4.79 Å². The first-order valence-electron chi connectivity index (χ1n) is 8.15. The van der Waals surface area contributed by atoms with Crippen molar-refractivity contribution < 1.29 is 9.53 Å². The van der Waals surface area contributed by atoms with Crippen LogP contribution < -0.4 is 4.74 Å². The van der Waals surface area contributed by atoms with Gasteiger partial charge in [0.05, 0.1) is 0 Å². The smallest absolute Gasteiger partial charge is 0.263 e. The summed E-state index contributed by atoms with van der Waals surface area (Å²) in [6, 6.07) is 6.02. The Labute approximate surface area is 128 Å². The number of ether oxygens (including phenoxy) is 1. The molecule has 0 spiro atoms. The number of amides is 1. The number of hydrogen-bond acceptors (Lipinski definition) is 2. The van der Waals surface area contributed by atoms with Crippen LogP contribution in [-0.4, -0.2) is 30.0 Å². The number of carbonyl (C=O) groups is 1. The number of likely N-dealkylation sites (tertiary alicyclic amines) is 1. The molecule has 3 heteroatoms. The molecule has 1 heterocycles. The third-order valence-corrected chi connectivity index (χ3v) is 4.39. The maximum Gasteiger partial charge on any atom is 0.263 e. The Hall–Kier alpha value is -1.51. The summed E-state index contributed by atoms with van der Waals surface area (Å²) in [4.78, 5) is 14.7. The molecule has 0 radical (unpaired) electrons. The maximum atomic E-state index is 12.7. The van der Waals surface area contributed by atoms with Gasteiger partial charge in [-0.2, -0.15) is 0 Å². The highest BCUT2D eigenvalue weighted by molar-refractivity contribution is 5.81. The molecule has 1 aliphatic heterocycles. The highest BCUT2D eigenvalue weighted by Gasteiger charge is 2.25. The van der Waals surface area contributed by atoms with Crippen molar-refractivity contribution in [2.45, 2.75) is 59.0 Å². The Bertz CT molecular complexity index is 476. The van der Waals surface area contributed by atoms with Gasteiger partial charge in [0.1, 0.15) is 5.75 Å².